The average Bonchev–Trinajstić information content (AvgIpc) is 2.15. The topological polar surface area (TPSA) is 57.5 Å². The van der Waals surface area contributed by atoms with E-state index >= 15 is 0 Å². The zero-order valence-electron chi connectivity index (χ0n) is 5.53. The summed E-state index contributed by atoms with van der Waals surface area (Å²) in [6.07, 6.45) is 3.74. The molecule has 0 saturated heterocycles. The highest BCUT2D eigenvalue weighted by atomic mass is 16.4. The van der Waals surface area contributed by atoms with E-state index in [4.69, 9.17) is 10.2 Å². The Bertz CT molecular complexity index is 162. The third-order valence-electron chi connectivity index (χ3n) is 1.67. The fourth-order valence-corrected chi connectivity index (χ4v) is 1.10. The highest BCUT2D eigenvalue weighted by Gasteiger charge is 2.22. The Kier molecular flexibility index (Phi) is 2.06. The van der Waals surface area contributed by atoms with Crippen molar-refractivity contribution in [3.8, 4) is 0 Å². The zero-order chi connectivity index (χ0) is 7.56. The molecule has 0 aromatic heterocycles. The van der Waals surface area contributed by atoms with E-state index in [2.05, 4.69) is 0 Å². The van der Waals surface area contributed by atoms with Gasteiger partial charge in [0.1, 0.15) is 0 Å². The maximum absolute atomic E-state index is 10.2. The highest BCUT2D eigenvalue weighted by Crippen LogP contribution is 2.20. The zero-order valence-corrected chi connectivity index (χ0v) is 5.53. The maximum atomic E-state index is 10.2. The molecule has 3 nitrogen and oxygen atoms in total. The minimum Gasteiger partial charge on any atom is -0.481 e. The molecule has 2 atom stereocenters. The first-order chi connectivity index (χ1) is 4.70. The molecule has 0 saturated carbocycles. The maximum Gasteiger partial charge on any atom is 0.304 e. The molecule has 0 unspecified atom stereocenters. The van der Waals surface area contributed by atoms with Gasteiger partial charge in [0, 0.05) is 5.92 Å². The van der Waals surface area contributed by atoms with E-state index in [0.29, 0.717) is 6.42 Å². The molecule has 0 radical (unpaired) electrons. The summed E-state index contributed by atoms with van der Waals surface area (Å²) >= 11 is 0. The molecule has 1 rings (SSSR count). The van der Waals surface area contributed by atoms with Crippen LogP contribution in [-0.4, -0.2) is 22.3 Å². The van der Waals surface area contributed by atoms with Crippen LogP contribution >= 0.6 is 0 Å². The first-order valence-corrected chi connectivity index (χ1v) is 3.26. The molecule has 3 heteroatoms. The first-order valence-electron chi connectivity index (χ1n) is 3.26. The van der Waals surface area contributed by atoms with E-state index < -0.39 is 12.1 Å². The lowest BCUT2D eigenvalue weighted by molar-refractivity contribution is -0.138. The van der Waals surface area contributed by atoms with Crippen LogP contribution in [0.15, 0.2) is 12.2 Å². The normalized spacial score (nSPS) is 30.9. The predicted octanol–water partition coefficient (Wildman–Crippen LogP) is 0.398. The van der Waals surface area contributed by atoms with Crippen LogP contribution in [0.4, 0.5) is 0 Å². The van der Waals surface area contributed by atoms with E-state index in [0.717, 1.165) is 0 Å². The molecule has 0 amide bonds. The summed E-state index contributed by atoms with van der Waals surface area (Å²) in [6.45, 7) is 0. The van der Waals surface area contributed by atoms with Gasteiger partial charge in [-0.2, -0.15) is 0 Å². The van der Waals surface area contributed by atoms with Gasteiger partial charge in [-0.3, -0.25) is 4.79 Å². The number of carboxylic acids is 1. The van der Waals surface area contributed by atoms with Crippen molar-refractivity contribution in [2.45, 2.75) is 18.9 Å². The fourth-order valence-electron chi connectivity index (χ4n) is 1.10. The highest BCUT2D eigenvalue weighted by molar-refractivity contribution is 5.67. The smallest absolute Gasteiger partial charge is 0.304 e. The molecule has 1 aliphatic rings. The largest absolute Gasteiger partial charge is 0.481 e. The van der Waals surface area contributed by atoms with Gasteiger partial charge >= 0.3 is 5.97 Å². The van der Waals surface area contributed by atoms with Gasteiger partial charge in [-0.05, 0) is 6.42 Å². The number of hydrogen-bond donors (Lipinski definition) is 2. The van der Waals surface area contributed by atoms with E-state index in [1.54, 1.807) is 6.08 Å². The van der Waals surface area contributed by atoms with Crippen LogP contribution in [0.25, 0.3) is 0 Å². The molecule has 0 heterocycles. The van der Waals surface area contributed by atoms with Crippen molar-refractivity contribution in [1.29, 1.82) is 0 Å². The van der Waals surface area contributed by atoms with Crippen LogP contribution in [0.5, 0.6) is 0 Å². The van der Waals surface area contributed by atoms with E-state index in [1.165, 1.54) is 0 Å². The molecule has 0 aliphatic heterocycles. The van der Waals surface area contributed by atoms with E-state index in [9.17, 15) is 4.79 Å². The summed E-state index contributed by atoms with van der Waals surface area (Å²) in [6, 6.07) is 0. The van der Waals surface area contributed by atoms with Crippen LogP contribution < -0.4 is 0 Å². The summed E-state index contributed by atoms with van der Waals surface area (Å²) in [7, 11) is 0. The predicted molar refractivity (Wildman–Crippen MR) is 35.5 cm³/mol. The van der Waals surface area contributed by atoms with Crippen molar-refractivity contribution in [3.63, 3.8) is 0 Å². The second kappa shape index (κ2) is 2.84. The molecular weight excluding hydrogens is 132 g/mol. The van der Waals surface area contributed by atoms with Crippen LogP contribution in [0.1, 0.15) is 12.8 Å². The Morgan fingerprint density at radius 2 is 2.40 bits per heavy atom. The monoisotopic (exact) mass is 142 g/mol. The number of aliphatic carboxylic acids is 1. The van der Waals surface area contributed by atoms with Crippen molar-refractivity contribution < 1.29 is 15.0 Å². The van der Waals surface area contributed by atoms with Crippen molar-refractivity contribution in [1.82, 2.24) is 0 Å². The summed E-state index contributed by atoms with van der Waals surface area (Å²) < 4.78 is 0. The summed E-state index contributed by atoms with van der Waals surface area (Å²) in [5.41, 5.74) is 0. The number of carboxylic acid groups (broad SMARTS) is 1. The lowest BCUT2D eigenvalue weighted by Crippen LogP contribution is -2.16. The minimum absolute atomic E-state index is 0.0394. The average molecular weight is 142 g/mol. The molecule has 10 heavy (non-hydrogen) atoms. The van der Waals surface area contributed by atoms with Gasteiger partial charge in [0.2, 0.25) is 0 Å². The molecule has 1 aliphatic carbocycles. The minimum atomic E-state index is -0.851. The number of aliphatic hydroxyl groups excluding tert-OH is 1. The Balaban J connectivity index is 2.40. The number of hydrogen-bond acceptors (Lipinski definition) is 2. The Labute approximate surface area is 59.0 Å². The van der Waals surface area contributed by atoms with Crippen molar-refractivity contribution >= 4 is 5.97 Å². The molecule has 0 fully saturated rings. The lowest BCUT2D eigenvalue weighted by atomic mass is 10.0. The van der Waals surface area contributed by atoms with Gasteiger partial charge < -0.3 is 10.2 Å². The number of rotatable bonds is 2. The van der Waals surface area contributed by atoms with Gasteiger partial charge in [0.05, 0.1) is 12.5 Å². The van der Waals surface area contributed by atoms with Gasteiger partial charge in [-0.25, -0.2) is 0 Å². The summed E-state index contributed by atoms with van der Waals surface area (Å²) in [5.74, 6) is -1.02. The third kappa shape index (κ3) is 1.57. The quantitative estimate of drug-likeness (QED) is 0.548. The SMILES string of the molecule is O=C(O)C[C@@H]1C=CC[C@H]1O. The van der Waals surface area contributed by atoms with Crippen LogP contribution in [0.3, 0.4) is 0 Å². The van der Waals surface area contributed by atoms with Crippen molar-refractivity contribution in [2.75, 3.05) is 0 Å². The second-order valence-electron chi connectivity index (χ2n) is 2.49. The van der Waals surface area contributed by atoms with Crippen LogP contribution in [-0.2, 0) is 4.79 Å². The molecule has 0 aromatic carbocycles. The Morgan fingerprint density at radius 3 is 2.80 bits per heavy atom. The van der Waals surface area contributed by atoms with Crippen molar-refractivity contribution in [3.05, 3.63) is 12.2 Å². The van der Waals surface area contributed by atoms with Crippen LogP contribution in [0.2, 0.25) is 0 Å². The van der Waals surface area contributed by atoms with Crippen LogP contribution in [0, 0.1) is 5.92 Å². The number of aliphatic hydroxyl groups is 1. The first kappa shape index (κ1) is 7.28. The molecule has 0 bridgehead atoms. The third-order valence-corrected chi connectivity index (χ3v) is 1.67. The lowest BCUT2D eigenvalue weighted by Gasteiger charge is -2.09. The Hall–Kier alpha value is -0.830. The van der Waals surface area contributed by atoms with E-state index in [1.807, 2.05) is 6.08 Å². The summed E-state index contributed by atoms with van der Waals surface area (Å²) in [4.78, 5) is 10.2. The van der Waals surface area contributed by atoms with E-state index in [-0.39, 0.29) is 12.3 Å². The van der Waals surface area contributed by atoms with Gasteiger partial charge in [0.25, 0.3) is 0 Å². The molecule has 2 N–H and O–H groups in total. The standard InChI is InChI=1S/C7H10O3/c8-6-3-1-2-5(6)4-7(9)10/h1-2,5-6,8H,3-4H2,(H,9,10)/t5-,6+/m0/s1. The molecular formula is C7H10O3. The number of carbonyl (C=O) groups is 1. The molecule has 0 aromatic rings. The molecule has 0 spiro atoms. The van der Waals surface area contributed by atoms with Gasteiger partial charge in [0.15, 0.2) is 0 Å². The molecule has 56 valence electrons. The van der Waals surface area contributed by atoms with Gasteiger partial charge in [-0.1, -0.05) is 12.2 Å². The summed E-state index contributed by atoms with van der Waals surface area (Å²) in [5, 5.41) is 17.5. The van der Waals surface area contributed by atoms with Crippen molar-refractivity contribution in [2.24, 2.45) is 5.92 Å². The van der Waals surface area contributed by atoms with Gasteiger partial charge in [-0.15, -0.1) is 0 Å². The fraction of sp³-hybridized carbons (Fsp3) is 0.571. The second-order valence-corrected chi connectivity index (χ2v) is 2.49. The Morgan fingerprint density at radius 1 is 1.70 bits per heavy atom.